The highest BCUT2D eigenvalue weighted by Crippen LogP contribution is 2.30. The first kappa shape index (κ1) is 22.0. The van der Waals surface area contributed by atoms with E-state index in [1.54, 1.807) is 0 Å². The molecule has 1 aliphatic heterocycles. The maximum absolute atomic E-state index is 14.1. The van der Waals surface area contributed by atoms with Crippen LogP contribution in [0, 0.1) is 5.82 Å². The number of carbonyl (C=O) groups is 1. The maximum Gasteiger partial charge on any atom is 0.340 e. The lowest BCUT2D eigenvalue weighted by Crippen LogP contribution is -2.47. The van der Waals surface area contributed by atoms with Gasteiger partial charge in [-0.05, 0) is 22.4 Å². The van der Waals surface area contributed by atoms with Gasteiger partial charge in [-0.1, -0.05) is 36.4 Å². The zero-order valence-electron chi connectivity index (χ0n) is 17.0. The first-order valence-electron chi connectivity index (χ1n) is 10.1. The van der Waals surface area contributed by atoms with Crippen LogP contribution in [0.1, 0.15) is 23.0 Å². The summed E-state index contributed by atoms with van der Waals surface area (Å²) in [5.74, 6) is -2.33. The molecule has 0 spiro atoms. The minimum Gasteiger partial charge on any atom is -0.394 e. The number of aliphatic hydroxyl groups is 1. The summed E-state index contributed by atoms with van der Waals surface area (Å²) in [7, 11) is 0. The summed E-state index contributed by atoms with van der Waals surface area (Å²) in [4.78, 5) is 36.4. The van der Waals surface area contributed by atoms with Crippen LogP contribution in [-0.4, -0.2) is 45.5 Å². The second kappa shape index (κ2) is 9.13. The van der Waals surface area contributed by atoms with Crippen molar-refractivity contribution in [1.29, 1.82) is 0 Å². The number of ether oxygens (including phenoxy) is 2. The van der Waals surface area contributed by atoms with Gasteiger partial charge in [-0.15, -0.1) is 0 Å². The minimum atomic E-state index is -1.37. The third-order valence-corrected chi connectivity index (χ3v) is 5.44. The molecule has 9 nitrogen and oxygen atoms in total. The number of fused-ring (bicyclic) bond motifs is 1. The lowest BCUT2D eigenvalue weighted by molar-refractivity contribution is -0.0661. The van der Waals surface area contributed by atoms with Crippen molar-refractivity contribution in [2.24, 2.45) is 5.73 Å². The fraction of sp³-hybridized carbons (Fsp3) is 0.318. The zero-order chi connectivity index (χ0) is 22.8. The van der Waals surface area contributed by atoms with E-state index in [4.69, 9.17) is 15.2 Å². The van der Waals surface area contributed by atoms with Gasteiger partial charge in [-0.2, -0.15) is 8.96 Å². The number of hydrogen-bond donors (Lipinski definition) is 2. The second-order valence-electron chi connectivity index (χ2n) is 7.48. The molecule has 0 amide bonds. The topological polar surface area (TPSA) is 126 Å². The van der Waals surface area contributed by atoms with Crippen molar-refractivity contribution in [3.8, 4) is 0 Å². The second-order valence-corrected chi connectivity index (χ2v) is 7.48. The summed E-state index contributed by atoms with van der Waals surface area (Å²) in [6.07, 6.45) is -1.62. The average molecular weight is 443 g/mol. The Hall–Kier alpha value is -3.18. The molecule has 3 N–H and O–H groups in total. The quantitative estimate of drug-likeness (QED) is 0.576. The number of benzene rings is 2. The highest BCUT2D eigenvalue weighted by atomic mass is 19.1. The lowest BCUT2D eigenvalue weighted by atomic mass is 10.1. The van der Waals surface area contributed by atoms with Gasteiger partial charge in [0.2, 0.25) is 5.82 Å². The van der Waals surface area contributed by atoms with E-state index in [1.807, 2.05) is 42.5 Å². The number of aliphatic hydroxyl groups excluding tert-OH is 1. The fourth-order valence-corrected chi connectivity index (χ4v) is 3.80. The van der Waals surface area contributed by atoms with E-state index in [9.17, 15) is 23.9 Å². The maximum atomic E-state index is 14.1. The number of nitrogens with two attached hydrogens (primary N) is 1. The number of nitrogens with zero attached hydrogens (tertiary/aromatic N) is 2. The summed E-state index contributed by atoms with van der Waals surface area (Å²) in [5.41, 5.74) is 3.70. The van der Waals surface area contributed by atoms with Crippen LogP contribution in [0.15, 0.2) is 58.3 Å². The summed E-state index contributed by atoms with van der Waals surface area (Å²) in [6.45, 7) is -0.797. The average Bonchev–Trinajstić information content (AvgIpc) is 3.22. The van der Waals surface area contributed by atoms with E-state index in [1.165, 1.54) is 0 Å². The number of rotatable bonds is 6. The van der Waals surface area contributed by atoms with Gasteiger partial charge in [0.25, 0.3) is 11.5 Å². The molecule has 0 unspecified atom stereocenters. The molecule has 0 aliphatic carbocycles. The molecule has 0 radical (unpaired) electrons. The van der Waals surface area contributed by atoms with Crippen LogP contribution >= 0.6 is 0 Å². The molecule has 32 heavy (non-hydrogen) atoms. The van der Waals surface area contributed by atoms with Crippen LogP contribution in [0.25, 0.3) is 10.8 Å². The molecule has 1 fully saturated rings. The Morgan fingerprint density at radius 2 is 1.97 bits per heavy atom. The van der Waals surface area contributed by atoms with Crippen molar-refractivity contribution in [3.63, 3.8) is 0 Å². The monoisotopic (exact) mass is 443 g/mol. The Kier molecular flexibility index (Phi) is 6.28. The van der Waals surface area contributed by atoms with Gasteiger partial charge in [0, 0.05) is 6.42 Å². The van der Waals surface area contributed by atoms with E-state index in [-0.39, 0.29) is 17.6 Å². The standard InChI is InChI=1S/C22H22FN3O6/c23-16-10-25(22(30)26(21(16)29)19(28)9-24)20-8-17(18(11-27)32-20)31-12-13-5-6-14-3-1-2-4-15(14)7-13/h1-7,10,17-18,20,27H,8-9,11-12,24H2/t17-,18+,20+/m0/s1. The Bertz CT molecular complexity index is 1270. The van der Waals surface area contributed by atoms with Crippen LogP contribution in [0.4, 0.5) is 4.39 Å². The van der Waals surface area contributed by atoms with Gasteiger partial charge in [0.15, 0.2) is 0 Å². The van der Waals surface area contributed by atoms with Crippen molar-refractivity contribution in [2.75, 3.05) is 13.2 Å². The van der Waals surface area contributed by atoms with Crippen LogP contribution < -0.4 is 17.0 Å². The Morgan fingerprint density at radius 3 is 2.69 bits per heavy atom. The van der Waals surface area contributed by atoms with Crippen LogP contribution in [0.2, 0.25) is 0 Å². The predicted octanol–water partition coefficient (Wildman–Crippen LogP) is 0.766. The van der Waals surface area contributed by atoms with Gasteiger partial charge in [-0.25, -0.2) is 4.79 Å². The van der Waals surface area contributed by atoms with E-state index >= 15 is 0 Å². The molecule has 0 saturated carbocycles. The van der Waals surface area contributed by atoms with Crippen molar-refractivity contribution in [1.82, 2.24) is 9.13 Å². The first-order valence-corrected chi connectivity index (χ1v) is 10.1. The van der Waals surface area contributed by atoms with E-state index in [2.05, 4.69) is 0 Å². The summed E-state index contributed by atoms with van der Waals surface area (Å²) in [5, 5.41) is 11.8. The van der Waals surface area contributed by atoms with Crippen LogP contribution in [0.3, 0.4) is 0 Å². The Morgan fingerprint density at radius 1 is 1.22 bits per heavy atom. The molecular weight excluding hydrogens is 421 g/mol. The largest absolute Gasteiger partial charge is 0.394 e. The van der Waals surface area contributed by atoms with E-state index in [0.29, 0.717) is 6.20 Å². The SMILES string of the molecule is NCC(=O)n1c(=O)c(F)cn([C@H]2C[C@H](OCc3ccc4ccccc4c3)[C@@H](CO)O2)c1=O. The van der Waals surface area contributed by atoms with E-state index in [0.717, 1.165) is 20.9 Å². The Labute approximate surface area is 181 Å². The third kappa shape index (κ3) is 4.13. The van der Waals surface area contributed by atoms with Crippen LogP contribution in [-0.2, 0) is 16.1 Å². The fourth-order valence-electron chi connectivity index (χ4n) is 3.80. The molecule has 3 aromatic rings. The lowest BCUT2D eigenvalue weighted by Gasteiger charge is -2.17. The predicted molar refractivity (Wildman–Crippen MR) is 113 cm³/mol. The Balaban J connectivity index is 1.55. The number of aromatic nitrogens is 2. The van der Waals surface area contributed by atoms with Gasteiger partial charge < -0.3 is 20.3 Å². The van der Waals surface area contributed by atoms with Gasteiger partial charge >= 0.3 is 5.69 Å². The van der Waals surface area contributed by atoms with Crippen molar-refractivity contribution >= 4 is 16.7 Å². The molecule has 3 atom stereocenters. The highest BCUT2D eigenvalue weighted by Gasteiger charge is 2.38. The van der Waals surface area contributed by atoms with Crippen molar-refractivity contribution in [3.05, 3.63) is 80.9 Å². The third-order valence-electron chi connectivity index (χ3n) is 5.44. The summed E-state index contributed by atoms with van der Waals surface area (Å²) in [6, 6.07) is 13.8. The molecule has 1 aromatic heterocycles. The molecule has 1 saturated heterocycles. The molecule has 4 rings (SSSR count). The van der Waals surface area contributed by atoms with E-state index < -0.39 is 54.6 Å². The molecule has 0 bridgehead atoms. The summed E-state index contributed by atoms with van der Waals surface area (Å²) >= 11 is 0. The van der Waals surface area contributed by atoms with Crippen molar-refractivity contribution in [2.45, 2.75) is 31.5 Å². The molecular formula is C22H22FN3O6. The van der Waals surface area contributed by atoms with Gasteiger partial charge in [0.05, 0.1) is 32.1 Å². The zero-order valence-corrected chi connectivity index (χ0v) is 17.0. The highest BCUT2D eigenvalue weighted by molar-refractivity contribution is 5.83. The van der Waals surface area contributed by atoms with Gasteiger partial charge in [0.1, 0.15) is 12.3 Å². The van der Waals surface area contributed by atoms with Gasteiger partial charge in [-0.3, -0.25) is 14.2 Å². The number of halogens is 1. The first-order chi connectivity index (χ1) is 15.4. The number of carbonyl (C=O) groups excluding carboxylic acids is 1. The number of hydrogen-bond acceptors (Lipinski definition) is 7. The molecule has 10 heteroatoms. The van der Waals surface area contributed by atoms with Crippen molar-refractivity contribution < 1.29 is 23.8 Å². The normalized spacial score (nSPS) is 20.7. The molecule has 2 heterocycles. The molecule has 2 aromatic carbocycles. The summed E-state index contributed by atoms with van der Waals surface area (Å²) < 4.78 is 26.7. The molecule has 1 aliphatic rings. The smallest absolute Gasteiger partial charge is 0.340 e. The minimum absolute atomic E-state index is 0.104. The van der Waals surface area contributed by atoms with Crippen LogP contribution in [0.5, 0.6) is 0 Å². The molecule has 168 valence electrons.